The van der Waals surface area contributed by atoms with E-state index < -0.39 is 11.7 Å². The first-order chi connectivity index (χ1) is 15.1. The van der Waals surface area contributed by atoms with Gasteiger partial charge >= 0.3 is 6.03 Å². The highest BCUT2D eigenvalue weighted by Gasteiger charge is 2.36. The predicted octanol–water partition coefficient (Wildman–Crippen LogP) is 2.16. The van der Waals surface area contributed by atoms with Gasteiger partial charge in [0.15, 0.2) is 0 Å². The molecule has 2 heterocycles. The minimum absolute atomic E-state index is 0.0328. The van der Waals surface area contributed by atoms with Crippen LogP contribution in [0.2, 0.25) is 0 Å². The summed E-state index contributed by atoms with van der Waals surface area (Å²) in [6.45, 7) is 0.464. The maximum absolute atomic E-state index is 12.3. The Kier molecular flexibility index (Phi) is 6.84. The molecule has 9 heteroatoms. The fraction of sp³-hybridized carbons (Fsp3) is 0.591. The van der Waals surface area contributed by atoms with Crippen LogP contribution in [0.4, 0.5) is 10.5 Å². The van der Waals surface area contributed by atoms with Crippen molar-refractivity contribution >= 4 is 11.7 Å². The number of nitrogens with one attached hydrogen (secondary N) is 2. The van der Waals surface area contributed by atoms with Gasteiger partial charge in [0.1, 0.15) is 17.4 Å². The van der Waals surface area contributed by atoms with E-state index >= 15 is 0 Å². The van der Waals surface area contributed by atoms with E-state index in [0.717, 1.165) is 44.9 Å². The van der Waals surface area contributed by atoms with Gasteiger partial charge in [-0.15, -0.1) is 5.10 Å². The summed E-state index contributed by atoms with van der Waals surface area (Å²) in [5.41, 5.74) is 0.530. The topological polar surface area (TPSA) is 122 Å². The van der Waals surface area contributed by atoms with Gasteiger partial charge in [-0.1, -0.05) is 36.3 Å². The molecule has 1 saturated heterocycles. The SMILES string of the molecule is O=C(Nc1ccccc1)N[C@H]1CC[C@@H](CCn2cc(C3(O)CCCC3)nn2)O[C@H]1CO. The Morgan fingerprint density at radius 3 is 2.74 bits per heavy atom. The van der Waals surface area contributed by atoms with Crippen molar-refractivity contribution in [3.8, 4) is 0 Å². The van der Waals surface area contributed by atoms with E-state index in [1.807, 2.05) is 36.5 Å². The summed E-state index contributed by atoms with van der Waals surface area (Å²) >= 11 is 0. The number of anilines is 1. The second-order valence-electron chi connectivity index (χ2n) is 8.52. The number of aryl methyl sites for hydroxylation is 1. The number of aromatic nitrogens is 3. The molecule has 168 valence electrons. The number of para-hydroxylation sites is 1. The maximum Gasteiger partial charge on any atom is 0.319 e. The number of hydrogen-bond acceptors (Lipinski definition) is 6. The molecular formula is C22H31N5O4. The van der Waals surface area contributed by atoms with Crippen molar-refractivity contribution in [2.45, 2.75) is 75.3 Å². The van der Waals surface area contributed by atoms with Crippen molar-refractivity contribution in [1.29, 1.82) is 0 Å². The Morgan fingerprint density at radius 1 is 1.23 bits per heavy atom. The summed E-state index contributed by atoms with van der Waals surface area (Å²) in [5, 5.41) is 34.5. The first-order valence-electron chi connectivity index (χ1n) is 11.1. The molecule has 2 aromatic rings. The maximum atomic E-state index is 12.3. The van der Waals surface area contributed by atoms with E-state index in [0.29, 0.717) is 17.9 Å². The summed E-state index contributed by atoms with van der Waals surface area (Å²) < 4.78 is 7.79. The molecule has 3 atom stereocenters. The van der Waals surface area contributed by atoms with Gasteiger partial charge in [-0.2, -0.15) is 0 Å². The standard InChI is InChI=1S/C22H31N5O4/c28-15-19-18(24-21(29)23-16-6-2-1-3-7-16)9-8-17(31-19)10-13-27-14-20(25-26-27)22(30)11-4-5-12-22/h1-3,6-7,14,17-19,28,30H,4-5,8-13,15H2,(H2,23,24,29)/t17-,18-,19-/m0/s1. The Morgan fingerprint density at radius 2 is 2.00 bits per heavy atom. The van der Waals surface area contributed by atoms with Gasteiger partial charge in [0.05, 0.1) is 24.9 Å². The molecule has 4 rings (SSSR count). The second-order valence-corrected chi connectivity index (χ2v) is 8.52. The van der Waals surface area contributed by atoms with Gasteiger partial charge in [0.2, 0.25) is 0 Å². The van der Waals surface area contributed by atoms with Crippen molar-refractivity contribution in [2.24, 2.45) is 0 Å². The quantitative estimate of drug-likeness (QED) is 0.535. The van der Waals surface area contributed by atoms with E-state index in [4.69, 9.17) is 4.74 Å². The number of aliphatic hydroxyl groups excluding tert-OH is 1. The van der Waals surface area contributed by atoms with Crippen molar-refractivity contribution in [1.82, 2.24) is 20.3 Å². The molecule has 1 saturated carbocycles. The van der Waals surface area contributed by atoms with Gasteiger partial charge in [0.25, 0.3) is 0 Å². The largest absolute Gasteiger partial charge is 0.394 e. The zero-order chi connectivity index (χ0) is 21.7. The van der Waals surface area contributed by atoms with Gasteiger partial charge in [-0.25, -0.2) is 4.79 Å². The van der Waals surface area contributed by atoms with Crippen molar-refractivity contribution < 1.29 is 19.7 Å². The molecule has 0 spiro atoms. The fourth-order valence-electron chi connectivity index (χ4n) is 4.48. The lowest BCUT2D eigenvalue weighted by molar-refractivity contribution is -0.0905. The summed E-state index contributed by atoms with van der Waals surface area (Å²) in [7, 11) is 0. The van der Waals surface area contributed by atoms with E-state index in [1.165, 1.54) is 0 Å². The minimum Gasteiger partial charge on any atom is -0.394 e. The van der Waals surface area contributed by atoms with Gasteiger partial charge in [0, 0.05) is 12.2 Å². The average molecular weight is 430 g/mol. The lowest BCUT2D eigenvalue weighted by Gasteiger charge is -2.36. The summed E-state index contributed by atoms with van der Waals surface area (Å²) in [6.07, 6.45) is 7.07. The molecule has 2 fully saturated rings. The zero-order valence-corrected chi connectivity index (χ0v) is 17.6. The van der Waals surface area contributed by atoms with Crippen LogP contribution in [0.15, 0.2) is 36.5 Å². The zero-order valence-electron chi connectivity index (χ0n) is 17.6. The number of carbonyl (C=O) groups is 1. The second kappa shape index (κ2) is 9.76. The Balaban J connectivity index is 1.25. The molecule has 1 aliphatic heterocycles. The lowest BCUT2D eigenvalue weighted by atomic mass is 9.97. The van der Waals surface area contributed by atoms with Gasteiger partial charge in [-0.3, -0.25) is 4.68 Å². The van der Waals surface area contributed by atoms with Crippen molar-refractivity contribution in [3.63, 3.8) is 0 Å². The van der Waals surface area contributed by atoms with Gasteiger partial charge < -0.3 is 25.6 Å². The molecular weight excluding hydrogens is 398 g/mol. The third-order valence-corrected chi connectivity index (χ3v) is 6.27. The molecule has 0 bridgehead atoms. The van der Waals surface area contributed by atoms with E-state index in [2.05, 4.69) is 20.9 Å². The van der Waals surface area contributed by atoms with Crippen LogP contribution in [0, 0.1) is 0 Å². The summed E-state index contributed by atoms with van der Waals surface area (Å²) in [5.74, 6) is 0. The average Bonchev–Trinajstić information content (AvgIpc) is 3.44. The lowest BCUT2D eigenvalue weighted by Crippen LogP contribution is -2.52. The van der Waals surface area contributed by atoms with E-state index in [1.54, 1.807) is 4.68 Å². The molecule has 1 aliphatic carbocycles. The van der Waals surface area contributed by atoms with Crippen LogP contribution in [0.5, 0.6) is 0 Å². The molecule has 0 unspecified atom stereocenters. The highest BCUT2D eigenvalue weighted by molar-refractivity contribution is 5.89. The van der Waals surface area contributed by atoms with Crippen LogP contribution in [0.1, 0.15) is 50.6 Å². The molecule has 4 N–H and O–H groups in total. The Hall–Kier alpha value is -2.49. The minimum atomic E-state index is -0.833. The molecule has 2 aliphatic rings. The smallest absolute Gasteiger partial charge is 0.319 e. The number of aliphatic hydroxyl groups is 2. The first kappa shape index (κ1) is 21.7. The van der Waals surface area contributed by atoms with Crippen molar-refractivity contribution in [2.75, 3.05) is 11.9 Å². The van der Waals surface area contributed by atoms with Gasteiger partial charge in [-0.05, 0) is 44.2 Å². The number of urea groups is 1. The first-order valence-corrected chi connectivity index (χ1v) is 11.1. The normalized spacial score (nSPS) is 25.3. The molecule has 31 heavy (non-hydrogen) atoms. The molecule has 9 nitrogen and oxygen atoms in total. The van der Waals surface area contributed by atoms with E-state index in [9.17, 15) is 15.0 Å². The Labute approximate surface area is 181 Å². The van der Waals surface area contributed by atoms with Crippen LogP contribution >= 0.6 is 0 Å². The molecule has 1 aromatic heterocycles. The molecule has 1 aromatic carbocycles. The summed E-state index contributed by atoms with van der Waals surface area (Å²) in [6, 6.07) is 8.67. The fourth-order valence-corrected chi connectivity index (χ4v) is 4.48. The third kappa shape index (κ3) is 5.41. The van der Waals surface area contributed by atoms with Crippen LogP contribution in [-0.4, -0.2) is 56.1 Å². The third-order valence-electron chi connectivity index (χ3n) is 6.27. The number of nitrogens with zero attached hydrogens (tertiary/aromatic N) is 3. The Bertz CT molecular complexity index is 853. The van der Waals surface area contributed by atoms with Crippen LogP contribution in [-0.2, 0) is 16.9 Å². The number of rotatable bonds is 7. The monoisotopic (exact) mass is 429 g/mol. The summed E-state index contributed by atoms with van der Waals surface area (Å²) in [4.78, 5) is 12.3. The number of carbonyl (C=O) groups excluding carboxylic acids is 1. The van der Waals surface area contributed by atoms with E-state index in [-0.39, 0.29) is 24.8 Å². The van der Waals surface area contributed by atoms with Crippen LogP contribution in [0.3, 0.4) is 0 Å². The highest BCUT2D eigenvalue weighted by Crippen LogP contribution is 2.37. The number of amides is 2. The number of ether oxygens (including phenoxy) is 1. The predicted molar refractivity (Wildman–Crippen MR) is 114 cm³/mol. The van der Waals surface area contributed by atoms with Crippen LogP contribution < -0.4 is 10.6 Å². The number of hydrogen-bond donors (Lipinski definition) is 4. The molecule has 0 radical (unpaired) electrons. The highest BCUT2D eigenvalue weighted by atomic mass is 16.5. The van der Waals surface area contributed by atoms with Crippen LogP contribution in [0.25, 0.3) is 0 Å². The van der Waals surface area contributed by atoms with Crippen molar-refractivity contribution in [3.05, 3.63) is 42.2 Å². The molecule has 2 amide bonds. The number of benzene rings is 1.